The predicted octanol–water partition coefficient (Wildman–Crippen LogP) is 2.25. The Bertz CT molecular complexity index is 572. The number of aromatic amines is 1. The van der Waals surface area contributed by atoms with E-state index in [0.29, 0.717) is 0 Å². The van der Waals surface area contributed by atoms with Crippen molar-refractivity contribution in [3.63, 3.8) is 0 Å². The maximum absolute atomic E-state index is 7.14. The average molecular weight is 317 g/mol. The topological polar surface area (TPSA) is 103 Å². The summed E-state index contributed by atoms with van der Waals surface area (Å²) in [5.74, 6) is 0.0313. The van der Waals surface area contributed by atoms with Gasteiger partial charge in [0.05, 0.1) is 23.1 Å². The maximum Gasteiger partial charge on any atom is 0.206 e. The number of fused-ring (bicyclic) bond motifs is 1. The smallest absolute Gasteiger partial charge is 0.206 e. The molecular weight excluding hydrogens is 299 g/mol. The lowest BCUT2D eigenvalue weighted by atomic mass is 10.1. The number of rotatable bonds is 3. The van der Waals surface area contributed by atoms with Gasteiger partial charge in [0.15, 0.2) is 0 Å². The lowest BCUT2D eigenvalue weighted by Crippen LogP contribution is -2.28. The highest BCUT2D eigenvalue weighted by Crippen LogP contribution is 2.16. The lowest BCUT2D eigenvalue weighted by molar-refractivity contribution is 0.852. The van der Waals surface area contributed by atoms with Gasteiger partial charge in [-0.1, -0.05) is 13.8 Å². The summed E-state index contributed by atoms with van der Waals surface area (Å²) in [6.07, 6.45) is 3.52. The van der Waals surface area contributed by atoms with Crippen molar-refractivity contribution in [2.45, 2.75) is 13.8 Å². The van der Waals surface area contributed by atoms with E-state index in [2.05, 4.69) is 20.5 Å². The fourth-order valence-corrected chi connectivity index (χ4v) is 1.73. The van der Waals surface area contributed by atoms with Gasteiger partial charge in [0.2, 0.25) is 5.96 Å². The molecule has 110 valence electrons. The van der Waals surface area contributed by atoms with Gasteiger partial charge in [-0.2, -0.15) is 5.10 Å². The first-order valence-electron chi connectivity index (χ1n) is 5.68. The molecule has 0 aliphatic carbocycles. The van der Waals surface area contributed by atoms with E-state index in [1.807, 2.05) is 26.0 Å². The van der Waals surface area contributed by atoms with Crippen LogP contribution < -0.4 is 11.2 Å². The van der Waals surface area contributed by atoms with Crippen LogP contribution in [0, 0.1) is 11.3 Å². The highest BCUT2D eigenvalue weighted by atomic mass is 35.5. The maximum atomic E-state index is 7.14. The molecule has 0 atom stereocenters. The second-order valence-corrected chi connectivity index (χ2v) is 4.32. The Kier molecular flexibility index (Phi) is 7.02. The number of nitrogens with zero attached hydrogens (tertiary/aromatic N) is 2. The molecule has 0 saturated carbocycles. The predicted molar refractivity (Wildman–Crippen MR) is 87.0 cm³/mol. The van der Waals surface area contributed by atoms with Gasteiger partial charge in [-0.25, -0.2) is 5.43 Å². The minimum atomic E-state index is -0.175. The molecule has 0 bridgehead atoms. The van der Waals surface area contributed by atoms with E-state index in [1.165, 1.54) is 0 Å². The zero-order valence-corrected chi connectivity index (χ0v) is 12.8. The summed E-state index contributed by atoms with van der Waals surface area (Å²) in [6.45, 7) is 4.06. The van der Waals surface area contributed by atoms with E-state index in [0.717, 1.165) is 22.3 Å². The molecule has 0 aromatic carbocycles. The fourth-order valence-electron chi connectivity index (χ4n) is 1.73. The number of hydrogen-bond acceptors (Lipinski definition) is 3. The molecule has 0 radical (unpaired) electrons. The molecule has 0 saturated heterocycles. The Morgan fingerprint density at radius 3 is 2.70 bits per heavy atom. The van der Waals surface area contributed by atoms with Crippen LogP contribution in [0.5, 0.6) is 0 Å². The van der Waals surface area contributed by atoms with Gasteiger partial charge in [-0.05, 0) is 18.1 Å². The summed E-state index contributed by atoms with van der Waals surface area (Å²) in [5, 5.41) is 12.4. The molecule has 5 N–H and O–H groups in total. The number of guanidine groups is 1. The van der Waals surface area contributed by atoms with E-state index >= 15 is 0 Å². The Labute approximate surface area is 129 Å². The molecule has 2 heterocycles. The first kappa shape index (κ1) is 18.2. The largest absolute Gasteiger partial charge is 0.369 e. The van der Waals surface area contributed by atoms with Crippen molar-refractivity contribution >= 4 is 47.4 Å². The Hall–Kier alpha value is -1.79. The molecule has 2 rings (SSSR count). The molecule has 20 heavy (non-hydrogen) atoms. The Morgan fingerprint density at radius 1 is 1.45 bits per heavy atom. The summed E-state index contributed by atoms with van der Waals surface area (Å²) in [5.41, 5.74) is 10.4. The highest BCUT2D eigenvalue weighted by molar-refractivity contribution is 6.04. The third kappa shape index (κ3) is 4.11. The van der Waals surface area contributed by atoms with Crippen molar-refractivity contribution in [3.8, 4) is 0 Å². The van der Waals surface area contributed by atoms with E-state index in [1.54, 1.807) is 12.4 Å². The van der Waals surface area contributed by atoms with Gasteiger partial charge in [0.1, 0.15) is 0 Å². The molecular formula is C12H18Cl2N6. The molecule has 0 spiro atoms. The van der Waals surface area contributed by atoms with Crippen molar-refractivity contribution in [2.24, 2.45) is 16.8 Å². The van der Waals surface area contributed by atoms with Crippen molar-refractivity contribution in [2.75, 3.05) is 0 Å². The van der Waals surface area contributed by atoms with Crippen LogP contribution in [0.1, 0.15) is 19.5 Å². The lowest BCUT2D eigenvalue weighted by Gasteiger charge is -2.08. The highest BCUT2D eigenvalue weighted by Gasteiger charge is 2.12. The summed E-state index contributed by atoms with van der Waals surface area (Å²) in [6, 6.07) is 3.95. The van der Waals surface area contributed by atoms with E-state index < -0.39 is 0 Å². The van der Waals surface area contributed by atoms with Crippen LogP contribution in [0.4, 0.5) is 0 Å². The van der Waals surface area contributed by atoms with Gasteiger partial charge in [-0.15, -0.1) is 24.8 Å². The monoisotopic (exact) mass is 316 g/mol. The van der Waals surface area contributed by atoms with Crippen LogP contribution in [0.2, 0.25) is 0 Å². The third-order valence-electron chi connectivity index (χ3n) is 2.54. The molecule has 0 unspecified atom stereocenters. The van der Waals surface area contributed by atoms with Crippen molar-refractivity contribution < 1.29 is 0 Å². The standard InChI is InChI=1S/C12H16N6.2ClH/c1-7(2)11(17-18-12(13)14)9-5-8-3-4-15-6-10(8)16-9;;/h3-7,16H,1-2H3,(H4,13,14,18);2*1H. The van der Waals surface area contributed by atoms with Gasteiger partial charge in [0, 0.05) is 11.6 Å². The first-order valence-corrected chi connectivity index (χ1v) is 5.68. The number of hydrogen-bond donors (Lipinski definition) is 4. The fraction of sp³-hybridized carbons (Fsp3) is 0.250. The minimum absolute atomic E-state index is 0. The Balaban J connectivity index is 0.00000180. The summed E-state index contributed by atoms with van der Waals surface area (Å²) >= 11 is 0. The number of pyridine rings is 1. The second kappa shape index (κ2) is 7.72. The molecule has 0 fully saturated rings. The van der Waals surface area contributed by atoms with Crippen LogP contribution in [0.15, 0.2) is 29.6 Å². The van der Waals surface area contributed by atoms with Gasteiger partial charge in [-0.3, -0.25) is 10.4 Å². The SMILES string of the molecule is CC(C)C(=NNC(=N)N)c1cc2ccncc2[nH]1.Cl.Cl. The van der Waals surface area contributed by atoms with Gasteiger partial charge < -0.3 is 10.7 Å². The average Bonchev–Trinajstić information content (AvgIpc) is 2.71. The number of nitrogens with two attached hydrogens (primary N) is 1. The first-order chi connectivity index (χ1) is 8.58. The number of hydrazone groups is 1. The normalized spacial score (nSPS) is 10.8. The van der Waals surface area contributed by atoms with Gasteiger partial charge >= 0.3 is 0 Å². The molecule has 2 aromatic heterocycles. The van der Waals surface area contributed by atoms with Crippen molar-refractivity contribution in [1.82, 2.24) is 15.4 Å². The third-order valence-corrected chi connectivity index (χ3v) is 2.54. The van der Waals surface area contributed by atoms with Crippen LogP contribution in [0.25, 0.3) is 10.9 Å². The summed E-state index contributed by atoms with van der Waals surface area (Å²) in [4.78, 5) is 7.32. The van der Waals surface area contributed by atoms with Crippen LogP contribution in [-0.4, -0.2) is 21.6 Å². The van der Waals surface area contributed by atoms with Crippen LogP contribution in [0.3, 0.4) is 0 Å². The molecule has 0 amide bonds. The van der Waals surface area contributed by atoms with E-state index in [-0.39, 0.29) is 36.7 Å². The van der Waals surface area contributed by atoms with Crippen LogP contribution in [-0.2, 0) is 0 Å². The minimum Gasteiger partial charge on any atom is -0.369 e. The van der Waals surface area contributed by atoms with E-state index in [4.69, 9.17) is 11.1 Å². The zero-order valence-electron chi connectivity index (χ0n) is 11.2. The quantitative estimate of drug-likeness (QED) is 0.396. The van der Waals surface area contributed by atoms with Crippen molar-refractivity contribution in [1.29, 1.82) is 5.41 Å². The zero-order chi connectivity index (χ0) is 13.1. The number of nitrogens with one attached hydrogen (secondary N) is 3. The van der Waals surface area contributed by atoms with Crippen molar-refractivity contribution in [3.05, 3.63) is 30.2 Å². The molecule has 2 aromatic rings. The van der Waals surface area contributed by atoms with E-state index in [9.17, 15) is 0 Å². The second-order valence-electron chi connectivity index (χ2n) is 4.32. The van der Waals surface area contributed by atoms with Crippen LogP contribution >= 0.6 is 24.8 Å². The summed E-state index contributed by atoms with van der Waals surface area (Å²) < 4.78 is 0. The van der Waals surface area contributed by atoms with Gasteiger partial charge in [0.25, 0.3) is 0 Å². The Morgan fingerprint density at radius 2 is 2.15 bits per heavy atom. The molecule has 8 heteroatoms. The summed E-state index contributed by atoms with van der Waals surface area (Å²) in [7, 11) is 0. The molecule has 0 aliphatic heterocycles. The molecule has 6 nitrogen and oxygen atoms in total. The number of H-pyrrole nitrogens is 1. The molecule has 0 aliphatic rings. The number of halogens is 2. The number of aromatic nitrogens is 2.